The van der Waals surface area contributed by atoms with Crippen LogP contribution < -0.4 is 10.5 Å². The molecule has 3 aromatic carbocycles. The SMILES string of the molecule is Cl.N[C@@H](Cc1ccc(-c2csc3c(O[C@H](c4ccc(Cl)cc4-c4cccc(F)c4)C(F)(F)F)ncnc23)cc1)C(=O)O. The molecule has 2 aromatic heterocycles. The molecule has 42 heavy (non-hydrogen) atoms. The molecule has 2 atom stereocenters. The van der Waals surface area contributed by atoms with Crippen molar-refractivity contribution < 1.29 is 32.2 Å². The number of carbonyl (C=O) groups is 1. The Kier molecular flexibility index (Phi) is 9.37. The number of aliphatic carboxylic acids is 1. The van der Waals surface area contributed by atoms with E-state index in [1.165, 1.54) is 36.4 Å². The second kappa shape index (κ2) is 12.6. The summed E-state index contributed by atoms with van der Waals surface area (Å²) in [6.45, 7) is 0. The minimum Gasteiger partial charge on any atom is -0.480 e. The normalized spacial score (nSPS) is 12.9. The Labute approximate surface area is 252 Å². The van der Waals surface area contributed by atoms with Crippen LogP contribution in [-0.4, -0.2) is 33.3 Å². The molecule has 13 heteroatoms. The number of aromatic nitrogens is 2. The Morgan fingerprint density at radius 3 is 2.43 bits per heavy atom. The van der Waals surface area contributed by atoms with Crippen molar-refractivity contribution in [2.75, 3.05) is 0 Å². The van der Waals surface area contributed by atoms with Crippen LogP contribution in [0.5, 0.6) is 5.88 Å². The third kappa shape index (κ3) is 6.65. The number of thiophene rings is 1. The second-order valence-electron chi connectivity index (χ2n) is 9.13. The van der Waals surface area contributed by atoms with Crippen LogP contribution in [0.4, 0.5) is 17.6 Å². The number of fused-ring (bicyclic) bond motifs is 1. The van der Waals surface area contributed by atoms with Crippen molar-refractivity contribution >= 4 is 51.5 Å². The molecule has 0 radical (unpaired) electrons. The van der Waals surface area contributed by atoms with Gasteiger partial charge in [-0.25, -0.2) is 14.4 Å². The zero-order chi connectivity index (χ0) is 29.3. The molecule has 0 saturated carbocycles. The van der Waals surface area contributed by atoms with E-state index in [-0.39, 0.29) is 46.4 Å². The summed E-state index contributed by atoms with van der Waals surface area (Å²) in [5, 5.41) is 10.9. The summed E-state index contributed by atoms with van der Waals surface area (Å²) in [5.41, 5.74) is 8.08. The zero-order valence-corrected chi connectivity index (χ0v) is 23.7. The van der Waals surface area contributed by atoms with Crippen LogP contribution in [0.25, 0.3) is 32.5 Å². The Bertz CT molecular complexity index is 1730. The smallest absolute Gasteiger partial charge is 0.429 e. The molecule has 0 bridgehead atoms. The number of hydrogen-bond donors (Lipinski definition) is 2. The summed E-state index contributed by atoms with van der Waals surface area (Å²) >= 11 is 7.23. The molecule has 0 aliphatic rings. The van der Waals surface area contributed by atoms with Crippen molar-refractivity contribution in [3.63, 3.8) is 0 Å². The van der Waals surface area contributed by atoms with E-state index < -0.39 is 30.1 Å². The monoisotopic (exact) mass is 637 g/mol. The van der Waals surface area contributed by atoms with Gasteiger partial charge in [0.15, 0.2) is 0 Å². The fourth-order valence-corrected chi connectivity index (χ4v) is 5.49. The van der Waals surface area contributed by atoms with Crippen LogP contribution in [0.15, 0.2) is 78.4 Å². The lowest BCUT2D eigenvalue weighted by Crippen LogP contribution is -2.32. The lowest BCUT2D eigenvalue weighted by Gasteiger charge is -2.24. The van der Waals surface area contributed by atoms with E-state index in [9.17, 15) is 22.4 Å². The second-order valence-corrected chi connectivity index (χ2v) is 10.4. The largest absolute Gasteiger partial charge is 0.480 e. The number of ether oxygens (including phenoxy) is 1. The van der Waals surface area contributed by atoms with E-state index in [0.29, 0.717) is 26.9 Å². The Hall–Kier alpha value is -3.77. The number of nitrogens with zero attached hydrogens (tertiary/aromatic N) is 2. The summed E-state index contributed by atoms with van der Waals surface area (Å²) in [6, 6.07) is 15.0. The Morgan fingerprint density at radius 2 is 1.76 bits per heavy atom. The fourth-order valence-electron chi connectivity index (χ4n) is 4.36. The first-order valence-electron chi connectivity index (χ1n) is 12.1. The number of rotatable bonds is 8. The number of halogens is 6. The van der Waals surface area contributed by atoms with Crippen LogP contribution in [0, 0.1) is 5.82 Å². The van der Waals surface area contributed by atoms with Crippen molar-refractivity contribution in [1.82, 2.24) is 9.97 Å². The molecule has 0 spiro atoms. The molecule has 0 saturated heterocycles. The molecule has 0 unspecified atom stereocenters. The third-order valence-electron chi connectivity index (χ3n) is 6.32. The van der Waals surface area contributed by atoms with Gasteiger partial charge in [-0.05, 0) is 52.9 Å². The quantitative estimate of drug-likeness (QED) is 0.168. The lowest BCUT2D eigenvalue weighted by molar-refractivity contribution is -0.198. The maximum Gasteiger partial charge on any atom is 0.429 e. The number of nitrogens with two attached hydrogens (primary N) is 1. The van der Waals surface area contributed by atoms with Crippen LogP contribution in [0.3, 0.4) is 0 Å². The molecule has 218 valence electrons. The highest BCUT2D eigenvalue weighted by Gasteiger charge is 2.45. The van der Waals surface area contributed by atoms with Crippen molar-refractivity contribution in [3.05, 3.63) is 100 Å². The predicted octanol–water partition coefficient (Wildman–Crippen LogP) is 7.88. The zero-order valence-electron chi connectivity index (χ0n) is 21.3. The molecule has 0 fully saturated rings. The topological polar surface area (TPSA) is 98.3 Å². The number of carboxylic acids is 1. The van der Waals surface area contributed by atoms with Gasteiger partial charge in [-0.2, -0.15) is 13.2 Å². The summed E-state index contributed by atoms with van der Waals surface area (Å²) in [5.74, 6) is -1.99. The number of hydrogen-bond acceptors (Lipinski definition) is 6. The maximum absolute atomic E-state index is 14.5. The molecular weight excluding hydrogens is 617 g/mol. The van der Waals surface area contributed by atoms with Crippen molar-refractivity contribution in [1.29, 1.82) is 0 Å². The molecule has 6 nitrogen and oxygen atoms in total. The summed E-state index contributed by atoms with van der Waals surface area (Å²) < 4.78 is 63.3. The molecule has 0 aliphatic carbocycles. The number of benzene rings is 3. The first-order valence-corrected chi connectivity index (χ1v) is 13.4. The minimum atomic E-state index is -4.86. The van der Waals surface area contributed by atoms with Crippen LogP contribution >= 0.6 is 35.3 Å². The maximum atomic E-state index is 14.5. The van der Waals surface area contributed by atoms with Gasteiger partial charge in [0.2, 0.25) is 12.0 Å². The van der Waals surface area contributed by atoms with Crippen LogP contribution in [-0.2, 0) is 11.2 Å². The first kappa shape index (κ1) is 31.2. The number of alkyl halides is 3. The van der Waals surface area contributed by atoms with Crippen molar-refractivity contribution in [2.45, 2.75) is 24.7 Å². The Balaban J connectivity index is 0.00000405. The van der Waals surface area contributed by atoms with Crippen LogP contribution in [0.2, 0.25) is 5.02 Å². The summed E-state index contributed by atoms with van der Waals surface area (Å²) in [6.07, 6.45) is -6.04. The molecule has 3 N–H and O–H groups in total. The standard InChI is InChI=1S/C29H20ClF4N3O3S.ClH/c30-18-8-9-20(21(12-18)17-2-1-3-19(31)11-17)26(29(32,33)34)40-27-25-24(36-14-37-27)22(13-41-25)16-6-4-15(5-7-16)10-23(35)28(38)39;/h1-9,11-14,23,26H,10,35H2,(H,38,39);1H/t23-,26+;/m0./s1. The van der Waals surface area contributed by atoms with Gasteiger partial charge in [-0.3, -0.25) is 4.79 Å². The van der Waals surface area contributed by atoms with Crippen molar-refractivity contribution in [2.24, 2.45) is 5.73 Å². The van der Waals surface area contributed by atoms with Gasteiger partial charge in [0.05, 0.1) is 5.52 Å². The van der Waals surface area contributed by atoms with Gasteiger partial charge >= 0.3 is 12.1 Å². The predicted molar refractivity (Wildman–Crippen MR) is 156 cm³/mol. The summed E-state index contributed by atoms with van der Waals surface area (Å²) in [7, 11) is 0. The number of carboxylic acid groups (broad SMARTS) is 1. The van der Waals surface area contributed by atoms with Gasteiger partial charge < -0.3 is 15.6 Å². The van der Waals surface area contributed by atoms with Gasteiger partial charge in [-0.15, -0.1) is 23.7 Å². The van der Waals surface area contributed by atoms with E-state index in [1.54, 1.807) is 29.6 Å². The van der Waals surface area contributed by atoms with E-state index in [2.05, 4.69) is 9.97 Å². The van der Waals surface area contributed by atoms with Crippen molar-refractivity contribution in [3.8, 4) is 28.1 Å². The average molecular weight is 638 g/mol. The first-order chi connectivity index (χ1) is 19.5. The molecule has 2 heterocycles. The highest BCUT2D eigenvalue weighted by molar-refractivity contribution is 7.18. The molecule has 5 aromatic rings. The highest BCUT2D eigenvalue weighted by atomic mass is 35.5. The molecule has 0 amide bonds. The third-order valence-corrected chi connectivity index (χ3v) is 7.51. The average Bonchev–Trinajstić information content (AvgIpc) is 3.37. The van der Waals surface area contributed by atoms with Gasteiger partial charge in [-0.1, -0.05) is 54.1 Å². The van der Waals surface area contributed by atoms with Gasteiger partial charge in [0.1, 0.15) is 22.9 Å². The summed E-state index contributed by atoms with van der Waals surface area (Å²) in [4.78, 5) is 19.3. The van der Waals surface area contributed by atoms with E-state index in [4.69, 9.17) is 27.2 Å². The van der Waals surface area contributed by atoms with E-state index in [0.717, 1.165) is 23.7 Å². The van der Waals surface area contributed by atoms with Gasteiger partial charge in [0, 0.05) is 21.5 Å². The van der Waals surface area contributed by atoms with Gasteiger partial charge in [0.25, 0.3) is 0 Å². The van der Waals surface area contributed by atoms with Crippen LogP contribution in [0.1, 0.15) is 17.2 Å². The minimum absolute atomic E-state index is 0. The van der Waals surface area contributed by atoms with E-state index >= 15 is 0 Å². The molecule has 5 rings (SSSR count). The fraction of sp³-hybridized carbons (Fsp3) is 0.138. The lowest BCUT2D eigenvalue weighted by atomic mass is 9.95. The Morgan fingerprint density at radius 1 is 1.02 bits per heavy atom. The highest BCUT2D eigenvalue weighted by Crippen LogP contribution is 2.44. The molecular formula is C29H21Cl2F4N3O3S. The van der Waals surface area contributed by atoms with E-state index in [1.807, 2.05) is 0 Å². The molecule has 0 aliphatic heterocycles.